The molecule has 0 unspecified atom stereocenters. The second-order valence-electron chi connectivity index (χ2n) is 20.5. The summed E-state index contributed by atoms with van der Waals surface area (Å²) in [6.45, 7) is 3.77. The molecule has 3 aromatic rings. The lowest BCUT2D eigenvalue weighted by Crippen LogP contribution is -2.61. The summed E-state index contributed by atoms with van der Waals surface area (Å²) in [7, 11) is 0. The summed E-state index contributed by atoms with van der Waals surface area (Å²) in [4.78, 5) is 163. The van der Waals surface area contributed by atoms with E-state index < -0.39 is 139 Å². The number of likely N-dealkylation sites (tertiary alicyclic amines) is 1. The summed E-state index contributed by atoms with van der Waals surface area (Å²) in [6.07, 6.45) is 4.23. The first kappa shape index (κ1) is 66.8. The van der Waals surface area contributed by atoms with Crippen LogP contribution < -0.4 is 65.5 Å². The fourth-order valence-electron chi connectivity index (χ4n) is 9.07. The van der Waals surface area contributed by atoms with E-state index in [1.165, 1.54) is 19.4 Å². The maximum Gasteiger partial charge on any atom is 0.326 e. The highest BCUT2D eigenvalue weighted by Gasteiger charge is 2.41. The number of aromatic nitrogens is 3. The predicted molar refractivity (Wildman–Crippen MR) is 298 cm³/mol. The van der Waals surface area contributed by atoms with Crippen molar-refractivity contribution in [3.05, 3.63) is 54.2 Å². The Bertz CT molecular complexity index is 2750. The zero-order valence-electron chi connectivity index (χ0n) is 46.6. The van der Waals surface area contributed by atoms with E-state index in [0.29, 0.717) is 41.4 Å². The SMILES string of the molecule is CC(C)C[C@H](N)C(=O)NCC(=O)N[C@@H](C)C(=O)N[C@@H](CO)C(=O)N[C@@H](Cc1c[nH]c2ccccc12)C(=O)N[C@@H](Cc1cnc[nH]1)C(=O)N[C@@H](CCCN=C(N)N)C(=O)N1CCC[C@H]1C(=O)N[C@@H](CC(=O)O)C(=O)N[C@@H](CCCCN)C(=O)O. The fraction of sp³-hybridized carbons (Fsp3) is 0.558. The van der Waals surface area contributed by atoms with E-state index in [4.69, 9.17) is 22.9 Å². The number of fused-ring (bicyclic) bond motifs is 1. The third-order valence-electron chi connectivity index (χ3n) is 13.4. The van der Waals surface area contributed by atoms with Gasteiger partial charge in [-0.1, -0.05) is 32.0 Å². The van der Waals surface area contributed by atoms with Crippen molar-refractivity contribution in [2.24, 2.45) is 33.8 Å². The van der Waals surface area contributed by atoms with Crippen LogP contribution in [-0.2, 0) is 65.6 Å². The van der Waals surface area contributed by atoms with Gasteiger partial charge in [-0.3, -0.25) is 52.9 Å². The van der Waals surface area contributed by atoms with Crippen molar-refractivity contribution in [2.75, 3.05) is 32.8 Å². The number of unbranched alkanes of at least 4 members (excludes halogenated alkanes) is 1. The van der Waals surface area contributed by atoms with E-state index in [0.717, 1.165) is 4.90 Å². The number of nitrogens with zero attached hydrogens (tertiary/aromatic N) is 3. The molecule has 456 valence electrons. The summed E-state index contributed by atoms with van der Waals surface area (Å²) in [5.41, 5.74) is 24.0. The number of benzene rings is 1. The van der Waals surface area contributed by atoms with Gasteiger partial charge < -0.3 is 95.7 Å². The summed E-state index contributed by atoms with van der Waals surface area (Å²) in [5.74, 6) is -11.0. The summed E-state index contributed by atoms with van der Waals surface area (Å²) in [6, 6.07) is -5.79. The number of carbonyl (C=O) groups is 11. The van der Waals surface area contributed by atoms with E-state index in [1.54, 1.807) is 30.5 Å². The Morgan fingerprint density at radius 1 is 0.747 bits per heavy atom. The van der Waals surface area contributed by atoms with E-state index in [-0.39, 0.29) is 76.5 Å². The number of aliphatic hydroxyl groups excluding tert-OH is 1. The van der Waals surface area contributed by atoms with E-state index in [2.05, 4.69) is 62.5 Å². The van der Waals surface area contributed by atoms with Crippen molar-refractivity contribution in [1.82, 2.24) is 62.4 Å². The minimum Gasteiger partial charge on any atom is -0.481 e. The number of nitrogens with one attached hydrogen (secondary N) is 10. The number of carbonyl (C=O) groups excluding carboxylic acids is 9. The number of aliphatic carboxylic acids is 2. The molecule has 9 amide bonds. The fourth-order valence-corrected chi connectivity index (χ4v) is 9.07. The topological polar surface area (TPSA) is 509 Å². The molecule has 0 bridgehead atoms. The van der Waals surface area contributed by atoms with Crippen molar-refractivity contribution < 1.29 is 68.1 Å². The number of aliphatic hydroxyl groups is 1. The third-order valence-corrected chi connectivity index (χ3v) is 13.4. The van der Waals surface area contributed by atoms with Crippen LogP contribution in [0.15, 0.2) is 48.0 Å². The molecule has 0 saturated carbocycles. The van der Waals surface area contributed by atoms with Crippen LogP contribution in [0.4, 0.5) is 0 Å². The van der Waals surface area contributed by atoms with E-state index >= 15 is 0 Å². The number of amides is 9. The quantitative estimate of drug-likeness (QED) is 0.0149. The molecule has 3 heterocycles. The lowest BCUT2D eigenvalue weighted by atomic mass is 10.0. The van der Waals surface area contributed by atoms with Gasteiger partial charge >= 0.3 is 11.9 Å². The summed E-state index contributed by atoms with van der Waals surface area (Å²) >= 11 is 0. The molecule has 1 aromatic carbocycles. The molecule has 4 rings (SSSR count). The van der Waals surface area contributed by atoms with Crippen molar-refractivity contribution in [3.8, 4) is 0 Å². The van der Waals surface area contributed by atoms with Gasteiger partial charge in [0.25, 0.3) is 0 Å². The number of aromatic amines is 2. The highest BCUT2D eigenvalue weighted by atomic mass is 16.4. The third kappa shape index (κ3) is 21.6. The van der Waals surface area contributed by atoms with Gasteiger partial charge in [-0.15, -0.1) is 0 Å². The monoisotopic (exact) mass is 1170 g/mol. The summed E-state index contributed by atoms with van der Waals surface area (Å²) in [5, 5.41) is 50.2. The van der Waals surface area contributed by atoms with Crippen molar-refractivity contribution in [2.45, 2.75) is 146 Å². The second-order valence-corrected chi connectivity index (χ2v) is 20.5. The maximum atomic E-state index is 14.7. The predicted octanol–water partition coefficient (Wildman–Crippen LogP) is -4.70. The first-order chi connectivity index (χ1) is 39.4. The second kappa shape index (κ2) is 33.3. The molecule has 0 spiro atoms. The number of rotatable bonds is 35. The molecule has 2 aromatic heterocycles. The van der Waals surface area contributed by atoms with Crippen LogP contribution in [0.1, 0.15) is 89.8 Å². The molecule has 21 N–H and O–H groups in total. The molecule has 0 radical (unpaired) electrons. The van der Waals surface area contributed by atoms with Crippen LogP contribution in [-0.4, -0.2) is 193 Å². The van der Waals surface area contributed by atoms with Gasteiger partial charge in [-0.05, 0) is 82.4 Å². The number of carboxylic acid groups (broad SMARTS) is 2. The molecule has 1 saturated heterocycles. The van der Waals surface area contributed by atoms with Gasteiger partial charge in [0.2, 0.25) is 53.2 Å². The van der Waals surface area contributed by atoms with Crippen LogP contribution >= 0.6 is 0 Å². The molecule has 1 aliphatic rings. The number of nitrogens with two attached hydrogens (primary N) is 4. The maximum absolute atomic E-state index is 14.7. The highest BCUT2D eigenvalue weighted by Crippen LogP contribution is 2.22. The van der Waals surface area contributed by atoms with Crippen molar-refractivity contribution in [3.63, 3.8) is 0 Å². The molecule has 1 fully saturated rings. The molecule has 0 aliphatic carbocycles. The lowest BCUT2D eigenvalue weighted by molar-refractivity contribution is -0.145. The van der Waals surface area contributed by atoms with Crippen LogP contribution in [0.25, 0.3) is 10.9 Å². The van der Waals surface area contributed by atoms with Crippen LogP contribution in [0.2, 0.25) is 0 Å². The number of hydrogen-bond acceptors (Lipinski definition) is 16. The smallest absolute Gasteiger partial charge is 0.326 e. The van der Waals surface area contributed by atoms with E-state index in [1.807, 2.05) is 13.8 Å². The molecule has 31 heteroatoms. The van der Waals surface area contributed by atoms with Gasteiger partial charge in [0.1, 0.15) is 48.3 Å². The number of carboxylic acids is 2. The zero-order chi connectivity index (χ0) is 61.3. The largest absolute Gasteiger partial charge is 0.481 e. The summed E-state index contributed by atoms with van der Waals surface area (Å²) < 4.78 is 0. The Kier molecular flexibility index (Phi) is 26.8. The average molecular weight is 1170 g/mol. The molecule has 1 aliphatic heterocycles. The number of hydrogen-bond donors (Lipinski definition) is 17. The highest BCUT2D eigenvalue weighted by molar-refractivity contribution is 5.99. The Morgan fingerprint density at radius 3 is 2.00 bits per heavy atom. The van der Waals surface area contributed by atoms with Crippen LogP contribution in [0.5, 0.6) is 0 Å². The Morgan fingerprint density at radius 2 is 1.37 bits per heavy atom. The first-order valence-corrected chi connectivity index (χ1v) is 27.2. The van der Waals surface area contributed by atoms with Crippen LogP contribution in [0, 0.1) is 5.92 Å². The number of imidazole rings is 1. The number of H-pyrrole nitrogens is 2. The molecular formula is C52H79N17O14. The van der Waals surface area contributed by atoms with Crippen molar-refractivity contribution >= 4 is 82.0 Å². The van der Waals surface area contributed by atoms with Crippen molar-refractivity contribution in [1.29, 1.82) is 0 Å². The van der Waals surface area contributed by atoms with Gasteiger partial charge in [0, 0.05) is 54.9 Å². The number of aliphatic imine (C=N–C) groups is 1. The Hall–Kier alpha value is -8.71. The minimum atomic E-state index is -1.76. The molecule has 9 atom stereocenters. The Balaban J connectivity index is 1.59. The number of para-hydroxylation sites is 1. The Labute approximate surface area is 477 Å². The average Bonchev–Trinajstić information content (AvgIpc) is 4.34. The minimum absolute atomic E-state index is 0.0122. The molecular weight excluding hydrogens is 1090 g/mol. The normalized spacial score (nSPS) is 15.9. The molecule has 83 heavy (non-hydrogen) atoms. The molecule has 31 nitrogen and oxygen atoms in total. The number of guanidine groups is 1. The van der Waals surface area contributed by atoms with Gasteiger partial charge in [-0.25, -0.2) is 9.78 Å². The van der Waals surface area contributed by atoms with E-state index in [9.17, 15) is 68.1 Å². The lowest BCUT2D eigenvalue weighted by Gasteiger charge is -2.31. The standard InChI is InChI=1S/C52H79N17O14/c1-27(2)18-32(54)44(75)60-24-41(71)62-28(3)43(74)68-39(25-70)48(79)65-36(19-29-22-59-33-11-5-4-10-31(29)33)45(76)66-37(20-30-23-57-26-61-30)46(77)63-34(13-8-16-58-52(55)56)50(81)69-17-9-14-40(69)49(80)67-38(21-42(72)73)47(78)64-35(51(82)83)12-6-7-15-53/h4-5,10-11,22-23,26-28,32,34-40,59,70H,6-9,12-21,24-25,53-54H2,1-3H3,(H,57,61)(H,60,75)(H,62,71)(H,63,77)(H,64,78)(H,65,79)(H,66,76)(H,67,80)(H,68,74)(H,72,73)(H,82,83)(H4,55,56,58)/t28-,32-,34-,35-,36-,37-,38-,39-,40-/m0/s1. The van der Waals surface area contributed by atoms with Gasteiger partial charge in [0.15, 0.2) is 5.96 Å². The zero-order valence-corrected chi connectivity index (χ0v) is 46.6. The van der Waals surface area contributed by atoms with Crippen LogP contribution in [0.3, 0.4) is 0 Å². The van der Waals surface area contributed by atoms with Gasteiger partial charge in [-0.2, -0.15) is 0 Å². The van der Waals surface area contributed by atoms with Gasteiger partial charge in [0.05, 0.1) is 31.9 Å². The first-order valence-electron chi connectivity index (χ1n) is 27.2.